The number of hydrogen-bond donors (Lipinski definition) is 2. The lowest BCUT2D eigenvalue weighted by atomic mass is 9.92. The van der Waals surface area contributed by atoms with Gasteiger partial charge in [0.15, 0.2) is 0 Å². The minimum atomic E-state index is -0.761. The first-order valence-electron chi connectivity index (χ1n) is 5.19. The van der Waals surface area contributed by atoms with E-state index < -0.39 is 5.97 Å². The van der Waals surface area contributed by atoms with Crippen LogP contribution in [0.2, 0.25) is 0 Å². The van der Waals surface area contributed by atoms with Crippen molar-refractivity contribution in [2.75, 3.05) is 7.05 Å². The molecule has 0 aliphatic rings. The molecule has 0 aromatic heterocycles. The summed E-state index contributed by atoms with van der Waals surface area (Å²) in [5.74, 6) is -0.709. The van der Waals surface area contributed by atoms with Gasteiger partial charge in [-0.2, -0.15) is 0 Å². The van der Waals surface area contributed by atoms with Gasteiger partial charge < -0.3 is 10.4 Å². The summed E-state index contributed by atoms with van der Waals surface area (Å²) in [6, 6.07) is 7.99. The van der Waals surface area contributed by atoms with Crippen molar-refractivity contribution in [3.05, 3.63) is 34.3 Å². The molecule has 1 aromatic rings. The van der Waals surface area contributed by atoms with E-state index in [2.05, 4.69) is 21.2 Å². The molecule has 3 nitrogen and oxygen atoms in total. The van der Waals surface area contributed by atoms with Gasteiger partial charge >= 0.3 is 5.97 Å². The van der Waals surface area contributed by atoms with Gasteiger partial charge in [0, 0.05) is 16.9 Å². The summed E-state index contributed by atoms with van der Waals surface area (Å²) in [5, 5.41) is 12.0. The molecule has 0 aliphatic heterocycles. The van der Waals surface area contributed by atoms with Crippen LogP contribution in [-0.4, -0.2) is 18.1 Å². The molecule has 1 aromatic carbocycles. The van der Waals surface area contributed by atoms with E-state index in [0.717, 1.165) is 10.0 Å². The van der Waals surface area contributed by atoms with Gasteiger partial charge in [-0.15, -0.1) is 0 Å². The molecule has 88 valence electrons. The predicted molar refractivity (Wildman–Crippen MR) is 67.4 cm³/mol. The molecule has 0 saturated heterocycles. The Kier molecular flexibility index (Phi) is 4.96. The lowest BCUT2D eigenvalue weighted by Gasteiger charge is -2.22. The Bertz CT molecular complexity index is 368. The van der Waals surface area contributed by atoms with Crippen LogP contribution in [0.1, 0.15) is 24.9 Å². The second kappa shape index (κ2) is 6.01. The van der Waals surface area contributed by atoms with Gasteiger partial charge in [-0.1, -0.05) is 35.0 Å². The van der Waals surface area contributed by atoms with Crippen LogP contribution in [0.15, 0.2) is 28.7 Å². The van der Waals surface area contributed by atoms with Gasteiger partial charge in [-0.25, -0.2) is 0 Å². The lowest BCUT2D eigenvalue weighted by molar-refractivity contribution is -0.138. The Morgan fingerprint density at radius 3 is 2.75 bits per heavy atom. The zero-order chi connectivity index (χ0) is 12.1. The van der Waals surface area contributed by atoms with Crippen molar-refractivity contribution in [2.24, 2.45) is 5.92 Å². The van der Waals surface area contributed by atoms with Crippen LogP contribution in [-0.2, 0) is 4.79 Å². The summed E-state index contributed by atoms with van der Waals surface area (Å²) < 4.78 is 1.01. The third-order valence-corrected chi connectivity index (χ3v) is 3.08. The molecular weight excluding hydrogens is 270 g/mol. The van der Waals surface area contributed by atoms with Gasteiger partial charge in [0.1, 0.15) is 0 Å². The van der Waals surface area contributed by atoms with Gasteiger partial charge in [0.25, 0.3) is 0 Å². The van der Waals surface area contributed by atoms with Crippen molar-refractivity contribution in [2.45, 2.75) is 19.4 Å². The van der Waals surface area contributed by atoms with Gasteiger partial charge in [-0.05, 0) is 30.7 Å². The first-order valence-corrected chi connectivity index (χ1v) is 5.98. The van der Waals surface area contributed by atoms with Crippen molar-refractivity contribution in [3.8, 4) is 0 Å². The molecule has 0 fully saturated rings. The normalized spacial score (nSPS) is 14.4. The van der Waals surface area contributed by atoms with Gasteiger partial charge in [0.05, 0.1) is 0 Å². The summed E-state index contributed by atoms with van der Waals surface area (Å²) in [6.45, 7) is 1.94. The number of halogens is 1. The SMILES string of the molecule is CNC(c1cccc(Br)c1)C(C)CC(=O)O. The number of carboxylic acids is 1. The molecule has 0 amide bonds. The van der Waals surface area contributed by atoms with Gasteiger partial charge in [0.2, 0.25) is 0 Å². The van der Waals surface area contributed by atoms with Crippen LogP contribution in [0.5, 0.6) is 0 Å². The second-order valence-electron chi connectivity index (χ2n) is 3.90. The molecule has 2 atom stereocenters. The summed E-state index contributed by atoms with van der Waals surface area (Å²) in [7, 11) is 1.85. The Labute approximate surface area is 104 Å². The average Bonchev–Trinajstić information content (AvgIpc) is 2.17. The Hall–Kier alpha value is -0.870. The van der Waals surface area contributed by atoms with E-state index in [4.69, 9.17) is 5.11 Å². The molecule has 1 rings (SSSR count). The van der Waals surface area contributed by atoms with Crippen molar-refractivity contribution in [1.82, 2.24) is 5.32 Å². The molecule has 0 radical (unpaired) electrons. The number of hydrogen-bond acceptors (Lipinski definition) is 2. The highest BCUT2D eigenvalue weighted by Gasteiger charge is 2.19. The highest BCUT2D eigenvalue weighted by Crippen LogP contribution is 2.26. The highest BCUT2D eigenvalue weighted by atomic mass is 79.9. The standard InChI is InChI=1S/C12H16BrNO2/c1-8(6-11(15)16)12(14-2)9-4-3-5-10(13)7-9/h3-5,7-8,12,14H,6H2,1-2H3,(H,15,16). The molecule has 2 unspecified atom stereocenters. The minimum absolute atomic E-state index is 0.0526. The molecule has 4 heteroatoms. The number of nitrogens with one attached hydrogen (secondary N) is 1. The second-order valence-corrected chi connectivity index (χ2v) is 4.81. The predicted octanol–water partition coefficient (Wildman–Crippen LogP) is 2.82. The molecule has 0 bridgehead atoms. The van der Waals surface area contributed by atoms with Crippen LogP contribution in [0.4, 0.5) is 0 Å². The van der Waals surface area contributed by atoms with Crippen LogP contribution in [0, 0.1) is 5.92 Å². The summed E-state index contributed by atoms with van der Waals surface area (Å²) in [6.07, 6.45) is 0.165. The number of carbonyl (C=O) groups is 1. The fourth-order valence-corrected chi connectivity index (χ4v) is 2.29. The first-order chi connectivity index (χ1) is 7.54. The fraction of sp³-hybridized carbons (Fsp3) is 0.417. The summed E-state index contributed by atoms with van der Waals surface area (Å²) in [5.41, 5.74) is 1.10. The fourth-order valence-electron chi connectivity index (χ4n) is 1.87. The highest BCUT2D eigenvalue weighted by molar-refractivity contribution is 9.10. The van der Waals surface area contributed by atoms with Crippen molar-refractivity contribution >= 4 is 21.9 Å². The zero-order valence-electron chi connectivity index (χ0n) is 9.40. The maximum Gasteiger partial charge on any atom is 0.303 e. The topological polar surface area (TPSA) is 49.3 Å². The largest absolute Gasteiger partial charge is 0.481 e. The van der Waals surface area contributed by atoms with E-state index in [1.165, 1.54) is 0 Å². The zero-order valence-corrected chi connectivity index (χ0v) is 11.0. The Morgan fingerprint density at radius 1 is 1.56 bits per heavy atom. The Balaban J connectivity index is 2.85. The number of aliphatic carboxylic acids is 1. The van der Waals surface area contributed by atoms with Crippen LogP contribution >= 0.6 is 15.9 Å². The summed E-state index contributed by atoms with van der Waals surface area (Å²) >= 11 is 3.42. The quantitative estimate of drug-likeness (QED) is 0.875. The average molecular weight is 286 g/mol. The maximum absolute atomic E-state index is 10.7. The number of rotatable bonds is 5. The number of benzene rings is 1. The molecule has 0 saturated carbocycles. The molecule has 16 heavy (non-hydrogen) atoms. The lowest BCUT2D eigenvalue weighted by Crippen LogP contribution is -2.25. The van der Waals surface area contributed by atoms with E-state index >= 15 is 0 Å². The van der Waals surface area contributed by atoms with E-state index in [1.54, 1.807) is 0 Å². The Morgan fingerprint density at radius 2 is 2.25 bits per heavy atom. The third kappa shape index (κ3) is 3.61. The third-order valence-electron chi connectivity index (χ3n) is 2.58. The first kappa shape index (κ1) is 13.2. The van der Waals surface area contributed by atoms with Crippen LogP contribution < -0.4 is 5.32 Å². The van der Waals surface area contributed by atoms with E-state index in [0.29, 0.717) is 0 Å². The van der Waals surface area contributed by atoms with Crippen LogP contribution in [0.3, 0.4) is 0 Å². The van der Waals surface area contributed by atoms with Crippen molar-refractivity contribution in [3.63, 3.8) is 0 Å². The van der Waals surface area contributed by atoms with Gasteiger partial charge in [-0.3, -0.25) is 4.79 Å². The van der Waals surface area contributed by atoms with Crippen LogP contribution in [0.25, 0.3) is 0 Å². The number of carboxylic acid groups (broad SMARTS) is 1. The molecular formula is C12H16BrNO2. The van der Waals surface area contributed by atoms with Crippen molar-refractivity contribution < 1.29 is 9.90 Å². The summed E-state index contributed by atoms with van der Waals surface area (Å²) in [4.78, 5) is 10.7. The monoisotopic (exact) mass is 285 g/mol. The smallest absolute Gasteiger partial charge is 0.303 e. The molecule has 2 N–H and O–H groups in total. The van der Waals surface area contributed by atoms with E-state index in [-0.39, 0.29) is 18.4 Å². The molecule has 0 aliphatic carbocycles. The molecule has 0 spiro atoms. The van der Waals surface area contributed by atoms with E-state index in [9.17, 15) is 4.79 Å². The van der Waals surface area contributed by atoms with Crippen molar-refractivity contribution in [1.29, 1.82) is 0 Å². The molecule has 0 heterocycles. The maximum atomic E-state index is 10.7. The minimum Gasteiger partial charge on any atom is -0.481 e. The van der Waals surface area contributed by atoms with E-state index in [1.807, 2.05) is 38.2 Å².